The lowest BCUT2D eigenvalue weighted by Gasteiger charge is -2.16. The van der Waals surface area contributed by atoms with E-state index in [1.54, 1.807) is 0 Å². The van der Waals surface area contributed by atoms with E-state index in [2.05, 4.69) is 0 Å². The minimum absolute atomic E-state index is 0.283. The van der Waals surface area contributed by atoms with Crippen molar-refractivity contribution < 1.29 is 19.0 Å². The number of hydrogen-bond acceptors (Lipinski definition) is 2. The van der Waals surface area contributed by atoms with E-state index in [-0.39, 0.29) is 18.2 Å². The fourth-order valence-corrected chi connectivity index (χ4v) is 2.01. The molecule has 0 aliphatic carbocycles. The molecule has 1 N–H and O–H groups in total. The Bertz CT molecular complexity index is 416. The standard InChI is InChI=1S/C14H19FO3/c1-9(2)6-11(14(16)17)7-10-8-12(15)4-5-13(10)18-3/h4-5,8-9,11H,6-7H2,1-3H3,(H,16,17). The molecule has 0 spiro atoms. The molecule has 1 unspecified atom stereocenters. The third kappa shape index (κ3) is 4.02. The van der Waals surface area contributed by atoms with Crippen molar-refractivity contribution in [1.82, 2.24) is 0 Å². The summed E-state index contributed by atoms with van der Waals surface area (Å²) < 4.78 is 18.3. The van der Waals surface area contributed by atoms with Crippen molar-refractivity contribution in [3.05, 3.63) is 29.6 Å². The second-order valence-electron chi connectivity index (χ2n) is 4.83. The maximum atomic E-state index is 13.2. The van der Waals surface area contributed by atoms with Gasteiger partial charge in [-0.25, -0.2) is 4.39 Å². The lowest BCUT2D eigenvalue weighted by atomic mass is 9.90. The Hall–Kier alpha value is -1.58. The lowest BCUT2D eigenvalue weighted by Crippen LogP contribution is -2.19. The molecule has 1 aromatic rings. The van der Waals surface area contributed by atoms with Crippen LogP contribution in [0.3, 0.4) is 0 Å². The molecule has 0 bridgehead atoms. The number of methoxy groups -OCH3 is 1. The molecule has 1 atom stereocenters. The van der Waals surface area contributed by atoms with Crippen molar-refractivity contribution in [2.75, 3.05) is 7.11 Å². The van der Waals surface area contributed by atoms with Crippen molar-refractivity contribution in [1.29, 1.82) is 0 Å². The summed E-state index contributed by atoms with van der Waals surface area (Å²) in [5.74, 6) is -0.924. The molecule has 100 valence electrons. The minimum atomic E-state index is -0.852. The Morgan fingerprint density at radius 2 is 2.11 bits per heavy atom. The van der Waals surface area contributed by atoms with Crippen LogP contribution in [-0.4, -0.2) is 18.2 Å². The van der Waals surface area contributed by atoms with E-state index < -0.39 is 11.9 Å². The normalized spacial score (nSPS) is 12.5. The van der Waals surface area contributed by atoms with Crippen LogP contribution in [0.5, 0.6) is 5.75 Å². The molecule has 0 saturated carbocycles. The molecule has 18 heavy (non-hydrogen) atoms. The highest BCUT2D eigenvalue weighted by atomic mass is 19.1. The van der Waals surface area contributed by atoms with Crippen molar-refractivity contribution in [2.45, 2.75) is 26.7 Å². The number of hydrogen-bond donors (Lipinski definition) is 1. The first-order chi connectivity index (χ1) is 8.43. The predicted molar refractivity (Wildman–Crippen MR) is 67.2 cm³/mol. The molecule has 4 heteroatoms. The molecule has 0 aliphatic rings. The molecule has 3 nitrogen and oxygen atoms in total. The van der Waals surface area contributed by atoms with Gasteiger partial charge in [-0.3, -0.25) is 4.79 Å². The fraction of sp³-hybridized carbons (Fsp3) is 0.500. The van der Waals surface area contributed by atoms with Gasteiger partial charge in [0.2, 0.25) is 0 Å². The van der Waals surface area contributed by atoms with Crippen LogP contribution in [0.4, 0.5) is 4.39 Å². The van der Waals surface area contributed by atoms with Crippen LogP contribution in [0.2, 0.25) is 0 Å². The highest BCUT2D eigenvalue weighted by Gasteiger charge is 2.21. The van der Waals surface area contributed by atoms with E-state index >= 15 is 0 Å². The summed E-state index contributed by atoms with van der Waals surface area (Å²) in [6, 6.07) is 4.18. The van der Waals surface area contributed by atoms with Crippen LogP contribution >= 0.6 is 0 Å². The monoisotopic (exact) mass is 254 g/mol. The van der Waals surface area contributed by atoms with Crippen LogP contribution in [0.25, 0.3) is 0 Å². The molecular weight excluding hydrogens is 235 g/mol. The fourth-order valence-electron chi connectivity index (χ4n) is 2.01. The van der Waals surface area contributed by atoms with Gasteiger partial charge in [-0.1, -0.05) is 13.8 Å². The average Bonchev–Trinajstić information content (AvgIpc) is 2.27. The highest BCUT2D eigenvalue weighted by molar-refractivity contribution is 5.70. The summed E-state index contributed by atoms with van der Waals surface area (Å²) in [7, 11) is 1.49. The van der Waals surface area contributed by atoms with Crippen molar-refractivity contribution in [2.24, 2.45) is 11.8 Å². The third-order valence-corrected chi connectivity index (χ3v) is 2.81. The van der Waals surface area contributed by atoms with E-state index in [0.29, 0.717) is 17.7 Å². The van der Waals surface area contributed by atoms with Gasteiger partial charge in [0.1, 0.15) is 11.6 Å². The van der Waals surface area contributed by atoms with E-state index in [9.17, 15) is 14.3 Å². The number of rotatable bonds is 6. The molecule has 0 saturated heterocycles. The molecule has 0 fully saturated rings. The SMILES string of the molecule is COc1ccc(F)cc1CC(CC(C)C)C(=O)O. The van der Waals surface area contributed by atoms with Gasteiger partial charge in [-0.05, 0) is 42.5 Å². The zero-order valence-corrected chi connectivity index (χ0v) is 10.9. The number of ether oxygens (including phenoxy) is 1. The first-order valence-electron chi connectivity index (χ1n) is 5.99. The van der Waals surface area contributed by atoms with Crippen molar-refractivity contribution in [3.63, 3.8) is 0 Å². The van der Waals surface area contributed by atoms with Crippen LogP contribution in [0, 0.1) is 17.7 Å². The Labute approximate surface area is 107 Å². The number of carboxylic acid groups (broad SMARTS) is 1. The topological polar surface area (TPSA) is 46.5 Å². The number of halogens is 1. The largest absolute Gasteiger partial charge is 0.496 e. The quantitative estimate of drug-likeness (QED) is 0.848. The first-order valence-corrected chi connectivity index (χ1v) is 5.99. The second kappa shape index (κ2) is 6.38. The van der Waals surface area contributed by atoms with Crippen LogP contribution in [0.1, 0.15) is 25.8 Å². The van der Waals surface area contributed by atoms with Crippen LogP contribution < -0.4 is 4.74 Å². The van der Waals surface area contributed by atoms with Crippen LogP contribution in [0.15, 0.2) is 18.2 Å². The second-order valence-corrected chi connectivity index (χ2v) is 4.83. The van der Waals surface area contributed by atoms with Gasteiger partial charge in [0.15, 0.2) is 0 Å². The van der Waals surface area contributed by atoms with Gasteiger partial charge >= 0.3 is 5.97 Å². The van der Waals surface area contributed by atoms with Crippen LogP contribution in [-0.2, 0) is 11.2 Å². The molecule has 1 aromatic carbocycles. The number of carboxylic acids is 1. The average molecular weight is 254 g/mol. The molecule has 0 radical (unpaired) electrons. The third-order valence-electron chi connectivity index (χ3n) is 2.81. The summed E-state index contributed by atoms with van der Waals surface area (Å²) in [6.45, 7) is 3.94. The van der Waals surface area contributed by atoms with E-state index in [1.807, 2.05) is 13.8 Å². The highest BCUT2D eigenvalue weighted by Crippen LogP contribution is 2.25. The molecule has 0 heterocycles. The number of benzene rings is 1. The zero-order chi connectivity index (χ0) is 13.7. The summed E-state index contributed by atoms with van der Waals surface area (Å²) in [4.78, 5) is 11.2. The van der Waals surface area contributed by atoms with Gasteiger partial charge in [0.25, 0.3) is 0 Å². The Balaban J connectivity index is 2.92. The number of aliphatic carboxylic acids is 1. The van der Waals surface area contributed by atoms with E-state index in [4.69, 9.17) is 4.74 Å². The first kappa shape index (κ1) is 14.5. The smallest absolute Gasteiger partial charge is 0.306 e. The molecule has 0 amide bonds. The Morgan fingerprint density at radius 3 is 2.61 bits per heavy atom. The summed E-state index contributed by atoms with van der Waals surface area (Å²) in [6.07, 6.45) is 0.851. The summed E-state index contributed by atoms with van der Waals surface area (Å²) >= 11 is 0. The van der Waals surface area contributed by atoms with Gasteiger partial charge in [0, 0.05) is 0 Å². The molecule has 0 aromatic heterocycles. The van der Waals surface area contributed by atoms with Gasteiger partial charge < -0.3 is 9.84 Å². The minimum Gasteiger partial charge on any atom is -0.496 e. The van der Waals surface area contributed by atoms with E-state index in [0.717, 1.165) is 0 Å². The summed E-state index contributed by atoms with van der Waals surface area (Å²) in [5, 5.41) is 9.18. The zero-order valence-electron chi connectivity index (χ0n) is 10.9. The maximum Gasteiger partial charge on any atom is 0.306 e. The van der Waals surface area contributed by atoms with Crippen molar-refractivity contribution >= 4 is 5.97 Å². The maximum absolute atomic E-state index is 13.2. The summed E-state index contributed by atoms with van der Waals surface area (Å²) in [5.41, 5.74) is 0.602. The van der Waals surface area contributed by atoms with Crippen molar-refractivity contribution in [3.8, 4) is 5.75 Å². The van der Waals surface area contributed by atoms with Gasteiger partial charge in [-0.15, -0.1) is 0 Å². The lowest BCUT2D eigenvalue weighted by molar-refractivity contribution is -0.142. The molecule has 0 aliphatic heterocycles. The molecule has 1 rings (SSSR count). The number of carbonyl (C=O) groups is 1. The van der Waals surface area contributed by atoms with Gasteiger partial charge in [0.05, 0.1) is 13.0 Å². The Kier molecular flexibility index (Phi) is 5.13. The van der Waals surface area contributed by atoms with E-state index in [1.165, 1.54) is 25.3 Å². The Morgan fingerprint density at radius 1 is 1.44 bits per heavy atom. The predicted octanol–water partition coefficient (Wildman–Crippen LogP) is 3.12. The van der Waals surface area contributed by atoms with Gasteiger partial charge in [-0.2, -0.15) is 0 Å². The molecular formula is C14H19FO3.